The number of nitrogens with zero attached hydrogens (tertiary/aromatic N) is 5. The van der Waals surface area contributed by atoms with Crippen LogP contribution in [-0.2, 0) is 18.4 Å². The molecule has 0 saturated carbocycles. The number of aromatic nitrogens is 3. The molecule has 1 amide bonds. The van der Waals surface area contributed by atoms with E-state index in [4.69, 9.17) is 0 Å². The fourth-order valence-electron chi connectivity index (χ4n) is 3.11. The average Bonchev–Trinajstić information content (AvgIpc) is 3.00. The molecular formula is C17H23N5O. The monoisotopic (exact) mass is 313 g/mol. The highest BCUT2D eigenvalue weighted by molar-refractivity contribution is 5.97. The van der Waals surface area contributed by atoms with Crippen molar-refractivity contribution in [3.05, 3.63) is 42.4 Å². The topological polar surface area (TPSA) is 54.3 Å². The zero-order chi connectivity index (χ0) is 16.2. The van der Waals surface area contributed by atoms with Crippen LogP contribution in [0.25, 0.3) is 0 Å². The first-order chi connectivity index (χ1) is 11.2. The van der Waals surface area contributed by atoms with E-state index in [9.17, 15) is 4.79 Å². The van der Waals surface area contributed by atoms with Crippen molar-refractivity contribution in [2.45, 2.75) is 32.4 Å². The predicted molar refractivity (Wildman–Crippen MR) is 88.9 cm³/mol. The molecule has 2 aromatic rings. The zero-order valence-electron chi connectivity index (χ0n) is 13.7. The van der Waals surface area contributed by atoms with Gasteiger partial charge in [-0.05, 0) is 31.5 Å². The van der Waals surface area contributed by atoms with Gasteiger partial charge >= 0.3 is 0 Å². The van der Waals surface area contributed by atoms with Crippen LogP contribution in [0, 0.1) is 0 Å². The van der Waals surface area contributed by atoms with Crippen molar-refractivity contribution in [1.82, 2.24) is 19.7 Å². The number of rotatable bonds is 5. The number of aryl methyl sites for hydroxylation is 1. The molecule has 2 aromatic heterocycles. The molecule has 3 rings (SSSR count). The number of hydrogen-bond donors (Lipinski definition) is 0. The van der Waals surface area contributed by atoms with Crippen LogP contribution in [0.4, 0.5) is 5.82 Å². The molecule has 3 heterocycles. The van der Waals surface area contributed by atoms with Crippen molar-refractivity contribution in [2.75, 3.05) is 18.0 Å². The Balaban J connectivity index is 1.76. The Morgan fingerprint density at radius 2 is 2.22 bits per heavy atom. The second-order valence-electron chi connectivity index (χ2n) is 5.88. The number of likely N-dealkylation sites (N-methyl/N-ethyl adjacent to an activating group) is 1. The van der Waals surface area contributed by atoms with Crippen molar-refractivity contribution < 1.29 is 4.79 Å². The Morgan fingerprint density at radius 1 is 1.35 bits per heavy atom. The van der Waals surface area contributed by atoms with Gasteiger partial charge in [0.25, 0.3) is 0 Å². The second-order valence-corrected chi connectivity index (χ2v) is 5.88. The van der Waals surface area contributed by atoms with Gasteiger partial charge in [-0.15, -0.1) is 0 Å². The number of piperidine rings is 1. The van der Waals surface area contributed by atoms with E-state index in [-0.39, 0.29) is 11.9 Å². The molecule has 6 heteroatoms. The second kappa shape index (κ2) is 6.91. The van der Waals surface area contributed by atoms with Crippen LogP contribution >= 0.6 is 0 Å². The van der Waals surface area contributed by atoms with Crippen molar-refractivity contribution in [3.63, 3.8) is 0 Å². The predicted octanol–water partition coefficient (Wildman–Crippen LogP) is 1.83. The maximum absolute atomic E-state index is 12.9. The fourth-order valence-corrected chi connectivity index (χ4v) is 3.11. The molecule has 0 aliphatic carbocycles. The molecule has 1 atom stereocenters. The van der Waals surface area contributed by atoms with Crippen LogP contribution in [0.15, 0.2) is 36.7 Å². The van der Waals surface area contributed by atoms with Crippen LogP contribution in [0.2, 0.25) is 0 Å². The Morgan fingerprint density at radius 3 is 2.87 bits per heavy atom. The molecule has 1 aliphatic rings. The first-order valence-corrected chi connectivity index (χ1v) is 8.14. The van der Waals surface area contributed by atoms with Gasteiger partial charge in [0.15, 0.2) is 5.82 Å². The molecule has 0 bridgehead atoms. The molecule has 0 N–H and O–H groups in total. The number of carbonyl (C=O) groups excluding carboxylic acids is 1. The van der Waals surface area contributed by atoms with Gasteiger partial charge in [-0.2, -0.15) is 5.10 Å². The summed E-state index contributed by atoms with van der Waals surface area (Å²) in [5, 5.41) is 4.38. The van der Waals surface area contributed by atoms with Crippen LogP contribution in [0.1, 0.15) is 25.5 Å². The van der Waals surface area contributed by atoms with E-state index in [0.29, 0.717) is 6.54 Å². The van der Waals surface area contributed by atoms with Crippen LogP contribution in [0.3, 0.4) is 0 Å². The van der Waals surface area contributed by atoms with Gasteiger partial charge in [0.2, 0.25) is 5.91 Å². The van der Waals surface area contributed by atoms with E-state index in [1.807, 2.05) is 42.4 Å². The lowest BCUT2D eigenvalue weighted by Crippen LogP contribution is -2.52. The lowest BCUT2D eigenvalue weighted by molar-refractivity contribution is -0.125. The molecule has 122 valence electrons. The molecular weight excluding hydrogens is 290 g/mol. The normalized spacial score (nSPS) is 18.7. The summed E-state index contributed by atoms with van der Waals surface area (Å²) in [6.45, 7) is 4.36. The summed E-state index contributed by atoms with van der Waals surface area (Å²) >= 11 is 0. The van der Waals surface area contributed by atoms with E-state index < -0.39 is 0 Å². The average molecular weight is 313 g/mol. The number of pyridine rings is 1. The molecule has 1 fully saturated rings. The minimum atomic E-state index is -0.0993. The summed E-state index contributed by atoms with van der Waals surface area (Å²) in [5.74, 6) is 0.892. The van der Waals surface area contributed by atoms with Crippen molar-refractivity contribution in [3.8, 4) is 0 Å². The summed E-state index contributed by atoms with van der Waals surface area (Å²) < 4.78 is 1.73. The first-order valence-electron chi connectivity index (χ1n) is 8.14. The highest BCUT2D eigenvalue weighted by atomic mass is 16.2. The van der Waals surface area contributed by atoms with Gasteiger partial charge in [0, 0.05) is 38.6 Å². The van der Waals surface area contributed by atoms with Gasteiger partial charge in [0.05, 0.1) is 11.7 Å². The van der Waals surface area contributed by atoms with E-state index in [1.54, 1.807) is 10.9 Å². The van der Waals surface area contributed by atoms with Gasteiger partial charge in [-0.25, -0.2) is 0 Å². The smallest absolute Gasteiger partial charge is 0.245 e. The molecule has 0 spiro atoms. The zero-order valence-corrected chi connectivity index (χ0v) is 13.7. The van der Waals surface area contributed by atoms with Crippen molar-refractivity contribution in [2.24, 2.45) is 7.05 Å². The van der Waals surface area contributed by atoms with Gasteiger partial charge in [0.1, 0.15) is 0 Å². The first kappa shape index (κ1) is 15.7. The summed E-state index contributed by atoms with van der Waals surface area (Å²) in [6, 6.07) is 7.70. The summed E-state index contributed by atoms with van der Waals surface area (Å²) in [4.78, 5) is 21.3. The number of amides is 1. The minimum absolute atomic E-state index is 0.0993. The highest BCUT2D eigenvalue weighted by Gasteiger charge is 2.34. The van der Waals surface area contributed by atoms with E-state index >= 15 is 0 Å². The SMILES string of the molecule is CCN(Cc1ccccn1)[C@@H]1CCCN(c2ccn(C)n2)C1=O. The molecule has 0 unspecified atom stereocenters. The largest absolute Gasteiger partial charge is 0.294 e. The molecule has 6 nitrogen and oxygen atoms in total. The Hall–Kier alpha value is -2.21. The highest BCUT2D eigenvalue weighted by Crippen LogP contribution is 2.23. The van der Waals surface area contributed by atoms with Crippen molar-refractivity contribution >= 4 is 11.7 Å². The summed E-state index contributed by atoms with van der Waals surface area (Å²) in [7, 11) is 1.87. The molecule has 1 saturated heterocycles. The van der Waals surface area contributed by atoms with Gasteiger partial charge < -0.3 is 0 Å². The standard InChI is InChI=1S/C17H23N5O/c1-3-21(13-14-7-4-5-10-18-14)15-8-6-11-22(17(15)23)16-9-12-20(2)19-16/h4-5,7,9-10,12,15H,3,6,8,11,13H2,1-2H3/t15-/m1/s1. The minimum Gasteiger partial charge on any atom is -0.294 e. The Bertz CT molecular complexity index is 654. The fraction of sp³-hybridized carbons (Fsp3) is 0.471. The quantitative estimate of drug-likeness (QED) is 0.845. The third-order valence-electron chi connectivity index (χ3n) is 4.32. The van der Waals surface area contributed by atoms with E-state index in [1.165, 1.54) is 0 Å². The van der Waals surface area contributed by atoms with E-state index in [2.05, 4.69) is 21.9 Å². The van der Waals surface area contributed by atoms with Gasteiger partial charge in [-0.3, -0.25) is 24.3 Å². The number of hydrogen-bond acceptors (Lipinski definition) is 4. The lowest BCUT2D eigenvalue weighted by atomic mass is 10.0. The Kier molecular flexibility index (Phi) is 4.71. The third-order valence-corrected chi connectivity index (χ3v) is 4.32. The summed E-state index contributed by atoms with van der Waals surface area (Å²) in [5.41, 5.74) is 0.997. The molecule has 0 aromatic carbocycles. The lowest BCUT2D eigenvalue weighted by Gasteiger charge is -2.37. The van der Waals surface area contributed by atoms with Crippen LogP contribution in [0.5, 0.6) is 0 Å². The number of anilines is 1. The maximum Gasteiger partial charge on any atom is 0.245 e. The van der Waals surface area contributed by atoms with E-state index in [0.717, 1.165) is 37.4 Å². The molecule has 23 heavy (non-hydrogen) atoms. The third kappa shape index (κ3) is 3.42. The van der Waals surface area contributed by atoms with Gasteiger partial charge in [-0.1, -0.05) is 13.0 Å². The van der Waals surface area contributed by atoms with Crippen molar-refractivity contribution in [1.29, 1.82) is 0 Å². The van der Waals surface area contributed by atoms with Crippen LogP contribution < -0.4 is 4.90 Å². The number of carbonyl (C=O) groups is 1. The van der Waals surface area contributed by atoms with Crippen LogP contribution in [-0.4, -0.2) is 44.7 Å². The molecule has 1 aliphatic heterocycles. The maximum atomic E-state index is 12.9. The summed E-state index contributed by atoms with van der Waals surface area (Å²) in [6.07, 6.45) is 5.55. The Labute approximate surface area is 136 Å². The molecule has 0 radical (unpaired) electrons.